The van der Waals surface area contributed by atoms with Crippen LogP contribution in [0.15, 0.2) is 42.6 Å². The summed E-state index contributed by atoms with van der Waals surface area (Å²) in [6.07, 6.45) is 2.59. The molecule has 2 aromatic heterocycles. The van der Waals surface area contributed by atoms with Crippen LogP contribution >= 0.6 is 0 Å². The predicted molar refractivity (Wildman–Crippen MR) is 76.6 cm³/mol. The quantitative estimate of drug-likeness (QED) is 0.759. The van der Waals surface area contributed by atoms with E-state index >= 15 is 0 Å². The highest BCUT2D eigenvalue weighted by atomic mass is 14.9. The standard InChI is InChI=1S/C15H14N4/c1-2-15-18-13(8-14(16)19-15)11-7-10-5-3-4-6-12(10)17-9-11/h3-9H,2H2,1H3,(H2,16,18,19). The lowest BCUT2D eigenvalue weighted by molar-refractivity contribution is 0.948. The van der Waals surface area contributed by atoms with E-state index in [0.29, 0.717) is 5.82 Å². The number of hydrogen-bond donors (Lipinski definition) is 1. The molecule has 4 nitrogen and oxygen atoms in total. The van der Waals surface area contributed by atoms with Crippen LogP contribution in [0.3, 0.4) is 0 Å². The van der Waals surface area contributed by atoms with Gasteiger partial charge >= 0.3 is 0 Å². The minimum Gasteiger partial charge on any atom is -0.384 e. The molecule has 0 bridgehead atoms. The SMILES string of the molecule is CCc1nc(N)cc(-c2cnc3ccccc3c2)n1. The number of benzene rings is 1. The first-order valence-electron chi connectivity index (χ1n) is 6.25. The number of para-hydroxylation sites is 1. The summed E-state index contributed by atoms with van der Waals surface area (Å²) < 4.78 is 0. The molecule has 0 saturated heterocycles. The lowest BCUT2D eigenvalue weighted by Gasteiger charge is -2.05. The van der Waals surface area contributed by atoms with Gasteiger partial charge in [0.1, 0.15) is 11.6 Å². The van der Waals surface area contributed by atoms with E-state index in [4.69, 9.17) is 5.73 Å². The number of aryl methyl sites for hydroxylation is 1. The molecule has 0 spiro atoms. The summed E-state index contributed by atoms with van der Waals surface area (Å²) in [7, 11) is 0. The van der Waals surface area contributed by atoms with E-state index in [1.807, 2.05) is 37.4 Å². The largest absolute Gasteiger partial charge is 0.384 e. The van der Waals surface area contributed by atoms with Crippen molar-refractivity contribution in [1.29, 1.82) is 0 Å². The summed E-state index contributed by atoms with van der Waals surface area (Å²) in [5.74, 6) is 1.25. The van der Waals surface area contributed by atoms with Crippen LogP contribution in [0.4, 0.5) is 5.82 Å². The van der Waals surface area contributed by atoms with Crippen LogP contribution in [0.1, 0.15) is 12.7 Å². The molecule has 19 heavy (non-hydrogen) atoms. The monoisotopic (exact) mass is 250 g/mol. The number of pyridine rings is 1. The third kappa shape index (κ3) is 2.25. The van der Waals surface area contributed by atoms with Gasteiger partial charge in [-0.1, -0.05) is 25.1 Å². The van der Waals surface area contributed by atoms with Crippen LogP contribution in [0.2, 0.25) is 0 Å². The van der Waals surface area contributed by atoms with Crippen molar-refractivity contribution in [3.05, 3.63) is 48.4 Å². The van der Waals surface area contributed by atoms with Gasteiger partial charge in [0.05, 0.1) is 11.2 Å². The van der Waals surface area contributed by atoms with E-state index < -0.39 is 0 Å². The van der Waals surface area contributed by atoms with Crippen molar-refractivity contribution in [2.24, 2.45) is 0 Å². The van der Waals surface area contributed by atoms with Crippen LogP contribution in [0.5, 0.6) is 0 Å². The molecule has 0 aliphatic carbocycles. The fourth-order valence-corrected chi connectivity index (χ4v) is 2.03. The summed E-state index contributed by atoms with van der Waals surface area (Å²) in [6.45, 7) is 2.01. The second kappa shape index (κ2) is 4.65. The van der Waals surface area contributed by atoms with Crippen molar-refractivity contribution in [3.8, 4) is 11.3 Å². The van der Waals surface area contributed by atoms with E-state index in [0.717, 1.165) is 34.4 Å². The van der Waals surface area contributed by atoms with Gasteiger partial charge in [-0.3, -0.25) is 4.98 Å². The van der Waals surface area contributed by atoms with Crippen LogP contribution in [0, 0.1) is 0 Å². The van der Waals surface area contributed by atoms with E-state index in [2.05, 4.69) is 21.0 Å². The van der Waals surface area contributed by atoms with Gasteiger partial charge < -0.3 is 5.73 Å². The first kappa shape index (κ1) is 11.6. The molecule has 2 heterocycles. The Kier molecular flexibility index (Phi) is 2.83. The Balaban J connectivity index is 2.15. The van der Waals surface area contributed by atoms with E-state index in [9.17, 15) is 0 Å². The van der Waals surface area contributed by atoms with Crippen LogP contribution in [-0.2, 0) is 6.42 Å². The van der Waals surface area contributed by atoms with E-state index in [1.54, 1.807) is 6.07 Å². The molecule has 94 valence electrons. The molecule has 2 N–H and O–H groups in total. The number of nitrogens with two attached hydrogens (primary N) is 1. The van der Waals surface area contributed by atoms with Crippen molar-refractivity contribution >= 4 is 16.7 Å². The minimum absolute atomic E-state index is 0.495. The van der Waals surface area contributed by atoms with E-state index in [1.165, 1.54) is 0 Å². The molecule has 0 aliphatic rings. The fraction of sp³-hybridized carbons (Fsp3) is 0.133. The van der Waals surface area contributed by atoms with Gasteiger partial charge in [-0.25, -0.2) is 9.97 Å². The van der Waals surface area contributed by atoms with Gasteiger partial charge in [-0.2, -0.15) is 0 Å². The molecule has 0 fully saturated rings. The summed E-state index contributed by atoms with van der Waals surface area (Å²) >= 11 is 0. The molecule has 0 aliphatic heterocycles. The van der Waals surface area contributed by atoms with E-state index in [-0.39, 0.29) is 0 Å². The lowest BCUT2D eigenvalue weighted by Crippen LogP contribution is -2.00. The number of fused-ring (bicyclic) bond motifs is 1. The zero-order valence-electron chi connectivity index (χ0n) is 10.7. The molecular formula is C15H14N4. The highest BCUT2D eigenvalue weighted by molar-refractivity contribution is 5.82. The Hall–Kier alpha value is -2.49. The Morgan fingerprint density at radius 1 is 1.11 bits per heavy atom. The number of rotatable bonds is 2. The van der Waals surface area contributed by atoms with Gasteiger partial charge in [-0.15, -0.1) is 0 Å². The second-order valence-corrected chi connectivity index (χ2v) is 4.36. The summed E-state index contributed by atoms with van der Waals surface area (Å²) in [5.41, 5.74) is 8.57. The first-order valence-corrected chi connectivity index (χ1v) is 6.25. The Morgan fingerprint density at radius 2 is 1.95 bits per heavy atom. The minimum atomic E-state index is 0.495. The third-order valence-electron chi connectivity index (χ3n) is 2.99. The smallest absolute Gasteiger partial charge is 0.131 e. The highest BCUT2D eigenvalue weighted by Crippen LogP contribution is 2.22. The number of aromatic nitrogens is 3. The average Bonchev–Trinajstić information content (AvgIpc) is 2.46. The van der Waals surface area contributed by atoms with Crippen molar-refractivity contribution in [3.63, 3.8) is 0 Å². The molecule has 1 aromatic carbocycles. The zero-order chi connectivity index (χ0) is 13.2. The van der Waals surface area contributed by atoms with Crippen LogP contribution in [-0.4, -0.2) is 15.0 Å². The maximum absolute atomic E-state index is 5.81. The number of nitrogen functional groups attached to an aromatic ring is 1. The normalized spacial score (nSPS) is 10.8. The molecule has 0 amide bonds. The highest BCUT2D eigenvalue weighted by Gasteiger charge is 2.05. The summed E-state index contributed by atoms with van der Waals surface area (Å²) in [6, 6.07) is 11.9. The first-order chi connectivity index (χ1) is 9.26. The number of anilines is 1. The summed E-state index contributed by atoms with van der Waals surface area (Å²) in [5, 5.41) is 1.09. The number of hydrogen-bond acceptors (Lipinski definition) is 4. The molecule has 0 radical (unpaired) electrons. The van der Waals surface area contributed by atoms with Crippen LogP contribution in [0.25, 0.3) is 22.2 Å². The maximum atomic E-state index is 5.81. The molecule has 3 aromatic rings. The predicted octanol–water partition coefficient (Wildman–Crippen LogP) is 2.84. The van der Waals surface area contributed by atoms with Gasteiger partial charge in [0.25, 0.3) is 0 Å². The van der Waals surface area contributed by atoms with Crippen molar-refractivity contribution in [1.82, 2.24) is 15.0 Å². The van der Waals surface area contributed by atoms with Crippen molar-refractivity contribution in [2.75, 3.05) is 5.73 Å². The second-order valence-electron chi connectivity index (χ2n) is 4.36. The Labute approximate surface area is 111 Å². The maximum Gasteiger partial charge on any atom is 0.131 e. The summed E-state index contributed by atoms with van der Waals surface area (Å²) in [4.78, 5) is 13.1. The van der Waals surface area contributed by atoms with Gasteiger partial charge in [0.15, 0.2) is 0 Å². The van der Waals surface area contributed by atoms with Crippen molar-refractivity contribution < 1.29 is 0 Å². The Bertz CT molecular complexity index is 737. The third-order valence-corrected chi connectivity index (χ3v) is 2.99. The van der Waals surface area contributed by atoms with Crippen LogP contribution < -0.4 is 5.73 Å². The fourth-order valence-electron chi connectivity index (χ4n) is 2.03. The Morgan fingerprint density at radius 3 is 2.79 bits per heavy atom. The van der Waals surface area contributed by atoms with Gasteiger partial charge in [0.2, 0.25) is 0 Å². The zero-order valence-corrected chi connectivity index (χ0v) is 10.7. The topological polar surface area (TPSA) is 64.7 Å². The van der Waals surface area contributed by atoms with Crippen molar-refractivity contribution in [2.45, 2.75) is 13.3 Å². The molecule has 3 rings (SSSR count). The van der Waals surface area contributed by atoms with Gasteiger partial charge in [0, 0.05) is 29.6 Å². The average molecular weight is 250 g/mol. The molecular weight excluding hydrogens is 236 g/mol. The lowest BCUT2D eigenvalue weighted by atomic mass is 10.1. The molecule has 0 atom stereocenters. The molecule has 0 saturated carbocycles. The number of nitrogens with zero attached hydrogens (tertiary/aromatic N) is 3. The molecule has 4 heteroatoms. The van der Waals surface area contributed by atoms with Gasteiger partial charge in [-0.05, 0) is 12.1 Å². The molecule has 0 unspecified atom stereocenters.